The summed E-state index contributed by atoms with van der Waals surface area (Å²) in [6, 6.07) is 19.0. The number of carbonyl (C=O) groups excluding carboxylic acids is 3. The molecule has 4 atom stereocenters. The van der Waals surface area contributed by atoms with E-state index in [1.807, 2.05) is 81.1 Å². The average Bonchev–Trinajstić information content (AvgIpc) is 3.35. The van der Waals surface area contributed by atoms with Gasteiger partial charge in [0.05, 0.1) is 17.0 Å². The maximum absolute atomic E-state index is 14.7. The predicted molar refractivity (Wildman–Crippen MR) is 151 cm³/mol. The summed E-state index contributed by atoms with van der Waals surface area (Å²) in [6.45, 7) is 7.62. The van der Waals surface area contributed by atoms with Gasteiger partial charge < -0.3 is 10.2 Å². The maximum Gasteiger partial charge on any atom is 0.238 e. The minimum Gasteiger partial charge on any atom is -0.352 e. The standard InChI is InChI=1S/C32H29ClN2O3/c1-18-13-15-24-19(17-18)14-16-25-32(21-10-6-8-12-23(21)34-30(32)38)26(27(35(24)25)29(37)31(2,3)4)28(36)20-9-5-7-11-22(20)33/h5-17,25-27H,1-4H3,(H,34,38)/t25-,26-,27+,32-/m1/s1. The zero-order chi connectivity index (χ0) is 27.0. The van der Waals surface area contributed by atoms with Crippen molar-refractivity contribution in [2.45, 2.75) is 45.2 Å². The van der Waals surface area contributed by atoms with Gasteiger partial charge in [-0.2, -0.15) is 0 Å². The van der Waals surface area contributed by atoms with E-state index in [-0.39, 0.29) is 17.5 Å². The molecule has 3 aromatic rings. The number of nitrogens with one attached hydrogen (secondary N) is 1. The van der Waals surface area contributed by atoms with Crippen molar-refractivity contribution in [3.63, 3.8) is 0 Å². The van der Waals surface area contributed by atoms with Gasteiger partial charge in [-0.15, -0.1) is 0 Å². The fourth-order valence-electron chi connectivity index (χ4n) is 6.57. The highest BCUT2D eigenvalue weighted by Crippen LogP contribution is 2.58. The number of rotatable bonds is 3. The quantitative estimate of drug-likeness (QED) is 0.412. The van der Waals surface area contributed by atoms with Crippen LogP contribution in [0.25, 0.3) is 6.08 Å². The highest BCUT2D eigenvalue weighted by molar-refractivity contribution is 6.34. The summed E-state index contributed by atoms with van der Waals surface area (Å²) in [7, 11) is 0. The van der Waals surface area contributed by atoms with Crippen LogP contribution in [0.15, 0.2) is 72.8 Å². The molecule has 0 bridgehead atoms. The zero-order valence-corrected chi connectivity index (χ0v) is 22.5. The Morgan fingerprint density at radius 3 is 2.45 bits per heavy atom. The van der Waals surface area contributed by atoms with Gasteiger partial charge in [0.25, 0.3) is 0 Å². The molecular weight excluding hydrogens is 496 g/mol. The number of anilines is 2. The third kappa shape index (κ3) is 3.27. The largest absolute Gasteiger partial charge is 0.352 e. The number of nitrogens with zero attached hydrogens (tertiary/aromatic N) is 1. The van der Waals surface area contributed by atoms with Gasteiger partial charge in [-0.3, -0.25) is 14.4 Å². The van der Waals surface area contributed by atoms with Gasteiger partial charge in [-0.1, -0.05) is 86.5 Å². The third-order valence-electron chi connectivity index (χ3n) is 8.22. The average molecular weight is 525 g/mol. The van der Waals surface area contributed by atoms with Crippen molar-refractivity contribution in [2.24, 2.45) is 11.3 Å². The second-order valence-electron chi connectivity index (χ2n) is 11.5. The molecule has 1 fully saturated rings. The van der Waals surface area contributed by atoms with E-state index in [0.717, 1.165) is 22.4 Å². The van der Waals surface area contributed by atoms with Gasteiger partial charge in [0, 0.05) is 22.4 Å². The third-order valence-corrected chi connectivity index (χ3v) is 8.55. The van der Waals surface area contributed by atoms with Crippen LogP contribution in [0.2, 0.25) is 5.02 Å². The first-order chi connectivity index (χ1) is 18.1. The highest BCUT2D eigenvalue weighted by atomic mass is 35.5. The monoisotopic (exact) mass is 524 g/mol. The van der Waals surface area contributed by atoms with E-state index in [2.05, 4.69) is 11.4 Å². The number of amides is 1. The molecule has 3 aromatic carbocycles. The lowest BCUT2D eigenvalue weighted by Crippen LogP contribution is -2.51. The van der Waals surface area contributed by atoms with Gasteiger partial charge >= 0.3 is 0 Å². The molecule has 192 valence electrons. The molecule has 1 spiro atoms. The smallest absolute Gasteiger partial charge is 0.238 e. The molecule has 0 radical (unpaired) electrons. The van der Waals surface area contributed by atoms with Crippen molar-refractivity contribution in [1.82, 2.24) is 0 Å². The van der Waals surface area contributed by atoms with Crippen LogP contribution < -0.4 is 10.2 Å². The first kappa shape index (κ1) is 24.6. The summed E-state index contributed by atoms with van der Waals surface area (Å²) >= 11 is 6.56. The van der Waals surface area contributed by atoms with Gasteiger partial charge in [-0.25, -0.2) is 0 Å². The summed E-state index contributed by atoms with van der Waals surface area (Å²) in [5, 5.41) is 3.35. The first-order valence-corrected chi connectivity index (χ1v) is 13.3. The van der Waals surface area contributed by atoms with Crippen molar-refractivity contribution in [3.05, 3.63) is 100 Å². The van der Waals surface area contributed by atoms with E-state index in [1.54, 1.807) is 24.3 Å². The zero-order valence-electron chi connectivity index (χ0n) is 21.8. The van der Waals surface area contributed by atoms with Gasteiger partial charge in [0.1, 0.15) is 11.5 Å². The Morgan fingerprint density at radius 2 is 1.71 bits per heavy atom. The van der Waals surface area contributed by atoms with E-state index < -0.39 is 28.8 Å². The number of carbonyl (C=O) groups is 3. The maximum atomic E-state index is 14.7. The van der Waals surface area contributed by atoms with Crippen molar-refractivity contribution >= 4 is 46.5 Å². The molecule has 5 nitrogen and oxygen atoms in total. The van der Waals surface area contributed by atoms with Crippen LogP contribution >= 0.6 is 11.6 Å². The molecule has 3 aliphatic rings. The summed E-state index contributed by atoms with van der Waals surface area (Å²) in [5.74, 6) is -1.67. The Bertz CT molecular complexity index is 1550. The van der Waals surface area contributed by atoms with Crippen molar-refractivity contribution in [3.8, 4) is 0 Å². The molecule has 0 aromatic heterocycles. The lowest BCUT2D eigenvalue weighted by Gasteiger charge is -2.38. The van der Waals surface area contributed by atoms with Crippen molar-refractivity contribution in [2.75, 3.05) is 10.2 Å². The minimum atomic E-state index is -1.32. The number of halogens is 1. The lowest BCUT2D eigenvalue weighted by atomic mass is 9.63. The minimum absolute atomic E-state index is 0.0937. The van der Waals surface area contributed by atoms with E-state index in [1.165, 1.54) is 0 Å². The Hall–Kier alpha value is -3.70. The molecule has 1 N–H and O–H groups in total. The second-order valence-corrected chi connectivity index (χ2v) is 11.9. The molecule has 3 aliphatic heterocycles. The first-order valence-electron chi connectivity index (χ1n) is 12.9. The summed E-state index contributed by atoms with van der Waals surface area (Å²) < 4.78 is 0. The number of ketones is 2. The molecule has 38 heavy (non-hydrogen) atoms. The van der Waals surface area contributed by atoms with E-state index in [4.69, 9.17) is 11.6 Å². The fourth-order valence-corrected chi connectivity index (χ4v) is 6.80. The Kier molecular flexibility index (Phi) is 5.45. The van der Waals surface area contributed by atoms with Crippen LogP contribution in [0.1, 0.15) is 47.8 Å². The summed E-state index contributed by atoms with van der Waals surface area (Å²) in [6.07, 6.45) is 4.01. The van der Waals surface area contributed by atoms with Gasteiger partial charge in [-0.05, 0) is 48.4 Å². The van der Waals surface area contributed by atoms with Crippen LogP contribution in [0, 0.1) is 18.3 Å². The van der Waals surface area contributed by atoms with Crippen LogP contribution in [0.5, 0.6) is 0 Å². The van der Waals surface area contributed by atoms with Crippen molar-refractivity contribution < 1.29 is 14.4 Å². The molecule has 0 unspecified atom stereocenters. The van der Waals surface area contributed by atoms with Crippen LogP contribution in [0.3, 0.4) is 0 Å². The Morgan fingerprint density at radius 1 is 1.00 bits per heavy atom. The number of hydrogen-bond acceptors (Lipinski definition) is 4. The predicted octanol–water partition coefficient (Wildman–Crippen LogP) is 6.24. The van der Waals surface area contributed by atoms with Gasteiger partial charge in [0.2, 0.25) is 5.91 Å². The number of aryl methyl sites for hydroxylation is 1. The number of benzene rings is 3. The molecule has 0 aliphatic carbocycles. The van der Waals surface area contributed by atoms with Crippen LogP contribution in [-0.2, 0) is 15.0 Å². The lowest BCUT2D eigenvalue weighted by molar-refractivity contribution is -0.128. The molecular formula is C32H29ClN2O3. The normalized spacial score (nSPS) is 25.1. The fraction of sp³-hybridized carbons (Fsp3) is 0.281. The molecule has 6 heteroatoms. The summed E-state index contributed by atoms with van der Waals surface area (Å²) in [4.78, 5) is 45.4. The SMILES string of the molecule is Cc1ccc2c(c1)C=C[C@H]1N2[C@H](C(=O)C(C)(C)C)[C@H](C(=O)c2ccccc2Cl)[C@]12C(=O)Nc1ccccc12. The molecule has 6 rings (SSSR count). The molecule has 1 saturated heterocycles. The number of hydrogen-bond donors (Lipinski definition) is 1. The molecule has 0 saturated carbocycles. The molecule has 3 heterocycles. The Balaban J connectivity index is 1.70. The van der Waals surface area contributed by atoms with Crippen molar-refractivity contribution in [1.29, 1.82) is 0 Å². The second kappa shape index (κ2) is 8.40. The highest BCUT2D eigenvalue weighted by Gasteiger charge is 2.70. The number of para-hydroxylation sites is 1. The van der Waals surface area contributed by atoms with E-state index in [0.29, 0.717) is 16.3 Å². The molecule has 1 amide bonds. The van der Waals surface area contributed by atoms with Crippen LogP contribution in [-0.4, -0.2) is 29.6 Å². The van der Waals surface area contributed by atoms with E-state index >= 15 is 0 Å². The van der Waals surface area contributed by atoms with Crippen LogP contribution in [0.4, 0.5) is 11.4 Å². The topological polar surface area (TPSA) is 66.5 Å². The number of Topliss-reactive ketones (excluding diaryl/α,β-unsaturated/α-hetero) is 2. The van der Waals surface area contributed by atoms with Gasteiger partial charge in [0.15, 0.2) is 11.6 Å². The van der Waals surface area contributed by atoms with E-state index in [9.17, 15) is 14.4 Å². The Labute approximate surface area is 227 Å². The summed E-state index contributed by atoms with van der Waals surface area (Å²) in [5.41, 5.74) is 2.52. The number of fused-ring (bicyclic) bond motifs is 6.